The van der Waals surface area contributed by atoms with E-state index in [9.17, 15) is 9.59 Å². The van der Waals surface area contributed by atoms with Gasteiger partial charge in [0.2, 0.25) is 0 Å². The Hall–Kier alpha value is -3.39. The Labute approximate surface area is 188 Å². The van der Waals surface area contributed by atoms with Crippen LogP contribution in [0.2, 0.25) is 0 Å². The number of esters is 2. The van der Waals surface area contributed by atoms with E-state index in [1.807, 2.05) is 25.1 Å². The summed E-state index contributed by atoms with van der Waals surface area (Å²) in [6.45, 7) is 2.32. The van der Waals surface area contributed by atoms with Gasteiger partial charge in [0.05, 0.1) is 5.56 Å². The van der Waals surface area contributed by atoms with E-state index in [4.69, 9.17) is 26.7 Å². The average molecular weight is 441 g/mol. The van der Waals surface area contributed by atoms with Crippen molar-refractivity contribution in [1.82, 2.24) is 0 Å². The second-order valence-electron chi connectivity index (χ2n) is 7.56. The lowest BCUT2D eigenvalue weighted by atomic mass is 9.85. The fraction of sp³-hybridized carbons (Fsp3) is 0.375. The molecule has 0 bridgehead atoms. The maximum absolute atomic E-state index is 13.2. The van der Waals surface area contributed by atoms with E-state index < -0.39 is 23.6 Å². The van der Waals surface area contributed by atoms with Crippen molar-refractivity contribution in [3.63, 3.8) is 0 Å². The van der Waals surface area contributed by atoms with Gasteiger partial charge in [-0.15, -0.1) is 0 Å². The second kappa shape index (κ2) is 12.5. The van der Waals surface area contributed by atoms with E-state index in [0.717, 1.165) is 12.8 Å². The molecule has 0 aliphatic heterocycles. The Balaban J connectivity index is 2.29. The number of nitrogens with zero attached hydrogens (tertiary/aromatic N) is 1. The molecule has 2 unspecified atom stereocenters. The Morgan fingerprint density at radius 3 is 2.22 bits per heavy atom. The van der Waals surface area contributed by atoms with Crippen molar-refractivity contribution in [2.75, 3.05) is 6.54 Å². The van der Waals surface area contributed by atoms with E-state index in [-0.39, 0.29) is 24.5 Å². The van der Waals surface area contributed by atoms with Crippen LogP contribution in [-0.2, 0) is 9.53 Å². The van der Waals surface area contributed by atoms with Gasteiger partial charge >= 0.3 is 11.9 Å². The molecule has 0 radical (unpaired) electrons. The molecule has 0 saturated heterocycles. The third-order valence-electron chi connectivity index (χ3n) is 5.03. The molecular weight excluding hydrogens is 408 g/mol. The predicted molar refractivity (Wildman–Crippen MR) is 124 cm³/mol. The summed E-state index contributed by atoms with van der Waals surface area (Å²) >= 11 is 0. The third-order valence-corrected chi connectivity index (χ3v) is 5.03. The van der Waals surface area contributed by atoms with Crippen molar-refractivity contribution in [3.8, 4) is 5.75 Å². The molecule has 0 fully saturated rings. The Morgan fingerprint density at radius 2 is 1.62 bits per heavy atom. The van der Waals surface area contributed by atoms with Crippen LogP contribution in [0.3, 0.4) is 0 Å². The molecule has 0 aromatic heterocycles. The lowest BCUT2D eigenvalue weighted by Gasteiger charge is -2.35. The molecule has 0 aliphatic rings. The summed E-state index contributed by atoms with van der Waals surface area (Å²) in [4.78, 5) is 29.7. The van der Waals surface area contributed by atoms with Crippen LogP contribution >= 0.6 is 0 Å². The maximum Gasteiger partial charge on any atom is 0.345 e. The first-order valence-electron chi connectivity index (χ1n) is 10.7. The Bertz CT molecular complexity index is 885. The van der Waals surface area contributed by atoms with Crippen molar-refractivity contribution in [2.45, 2.75) is 50.7 Å². The molecule has 8 heteroatoms. The van der Waals surface area contributed by atoms with Crippen LogP contribution in [0, 0.1) is 0 Å². The average Bonchev–Trinajstić information content (AvgIpc) is 2.80. The highest BCUT2D eigenvalue weighted by atomic mass is 16.6. The van der Waals surface area contributed by atoms with E-state index in [1.54, 1.807) is 42.5 Å². The van der Waals surface area contributed by atoms with Crippen LogP contribution in [0.1, 0.15) is 49.4 Å². The summed E-state index contributed by atoms with van der Waals surface area (Å²) in [5.74, 6) is -1.07. The van der Waals surface area contributed by atoms with Crippen molar-refractivity contribution < 1.29 is 19.1 Å². The molecule has 6 N–H and O–H groups in total. The maximum atomic E-state index is 13.2. The van der Waals surface area contributed by atoms with Gasteiger partial charge in [-0.3, -0.25) is 4.99 Å². The number of unbranched alkanes of at least 4 members (excludes halogenated alkanes) is 1. The summed E-state index contributed by atoms with van der Waals surface area (Å²) in [6.07, 6.45) is 2.05. The third kappa shape index (κ3) is 7.39. The van der Waals surface area contributed by atoms with Gasteiger partial charge in [0, 0.05) is 6.54 Å². The largest absolute Gasteiger partial charge is 0.488 e. The smallest absolute Gasteiger partial charge is 0.345 e. The van der Waals surface area contributed by atoms with Gasteiger partial charge in [0.25, 0.3) is 0 Å². The fourth-order valence-corrected chi connectivity index (χ4v) is 3.26. The number of carbonyl (C=O) groups excluding carboxylic acids is 2. The van der Waals surface area contributed by atoms with E-state index in [0.29, 0.717) is 18.6 Å². The monoisotopic (exact) mass is 440 g/mol. The van der Waals surface area contributed by atoms with Gasteiger partial charge in [-0.1, -0.05) is 49.7 Å². The van der Waals surface area contributed by atoms with E-state index in [1.165, 1.54) is 0 Å². The lowest BCUT2D eigenvalue weighted by Crippen LogP contribution is -2.60. The number of benzene rings is 2. The number of aliphatic imine (C=N–C) groups is 1. The van der Waals surface area contributed by atoms with Crippen molar-refractivity contribution in [2.24, 2.45) is 22.2 Å². The van der Waals surface area contributed by atoms with E-state index >= 15 is 0 Å². The number of nitrogens with two attached hydrogens (primary N) is 3. The molecule has 2 aromatic rings. The molecule has 2 atom stereocenters. The quantitative estimate of drug-likeness (QED) is 0.151. The normalized spacial score (nSPS) is 13.4. The SMILES string of the molecule is CCCCC(Oc1ccccc1)C(N)(CCCN=C(N)N)C(=O)OC(=O)c1ccccc1. The predicted octanol–water partition coefficient (Wildman–Crippen LogP) is 2.76. The van der Waals surface area contributed by atoms with E-state index in [2.05, 4.69) is 4.99 Å². The van der Waals surface area contributed by atoms with Crippen molar-refractivity contribution >= 4 is 17.9 Å². The lowest BCUT2D eigenvalue weighted by molar-refractivity contribution is -0.148. The fourth-order valence-electron chi connectivity index (χ4n) is 3.26. The molecular formula is C24H32N4O4. The van der Waals surface area contributed by atoms with Crippen molar-refractivity contribution in [3.05, 3.63) is 66.2 Å². The van der Waals surface area contributed by atoms with Crippen LogP contribution in [0.5, 0.6) is 5.75 Å². The summed E-state index contributed by atoms with van der Waals surface area (Å²) in [5, 5.41) is 0. The molecule has 172 valence electrons. The number of hydrogen-bond acceptors (Lipinski definition) is 6. The molecule has 0 amide bonds. The summed E-state index contributed by atoms with van der Waals surface area (Å²) < 4.78 is 11.4. The highest BCUT2D eigenvalue weighted by molar-refractivity contribution is 5.99. The molecule has 0 aliphatic carbocycles. The van der Waals surface area contributed by atoms with Crippen LogP contribution in [0.25, 0.3) is 0 Å². The van der Waals surface area contributed by atoms with Crippen LogP contribution < -0.4 is 21.9 Å². The van der Waals surface area contributed by atoms with Gasteiger partial charge < -0.3 is 26.7 Å². The van der Waals surface area contributed by atoms with Crippen LogP contribution in [0.15, 0.2) is 65.7 Å². The zero-order chi connectivity index (χ0) is 23.4. The minimum Gasteiger partial charge on any atom is -0.488 e. The molecule has 32 heavy (non-hydrogen) atoms. The highest BCUT2D eigenvalue weighted by Crippen LogP contribution is 2.27. The molecule has 2 rings (SSSR count). The Morgan fingerprint density at radius 1 is 1.00 bits per heavy atom. The van der Waals surface area contributed by atoms with Gasteiger partial charge in [0.1, 0.15) is 11.9 Å². The molecule has 8 nitrogen and oxygen atoms in total. The number of carbonyl (C=O) groups is 2. The first-order chi connectivity index (χ1) is 15.4. The molecule has 0 heterocycles. The van der Waals surface area contributed by atoms with Gasteiger partial charge in [-0.25, -0.2) is 9.59 Å². The van der Waals surface area contributed by atoms with Crippen LogP contribution in [0.4, 0.5) is 0 Å². The number of hydrogen-bond donors (Lipinski definition) is 3. The topological polar surface area (TPSA) is 143 Å². The van der Waals surface area contributed by atoms with Gasteiger partial charge in [-0.05, 0) is 49.9 Å². The Kier molecular flexibility index (Phi) is 9.69. The second-order valence-corrected chi connectivity index (χ2v) is 7.56. The number of guanidine groups is 1. The standard InChI is InChI=1S/C24H32N4O4/c1-2-3-15-20(31-19-13-8-5-9-14-19)24(27,16-10-17-28-23(25)26)22(30)32-21(29)18-11-6-4-7-12-18/h4-9,11-14,20H,2-3,10,15-17,27H2,1H3,(H4,25,26,28). The molecule has 2 aromatic carbocycles. The van der Waals surface area contributed by atoms with Gasteiger partial charge in [0.15, 0.2) is 11.5 Å². The highest BCUT2D eigenvalue weighted by Gasteiger charge is 2.45. The number of para-hydroxylation sites is 1. The zero-order valence-electron chi connectivity index (χ0n) is 18.4. The minimum atomic E-state index is -1.58. The summed E-state index contributed by atoms with van der Waals surface area (Å²) in [6, 6.07) is 17.4. The molecule has 0 saturated carbocycles. The van der Waals surface area contributed by atoms with Crippen molar-refractivity contribution in [1.29, 1.82) is 0 Å². The summed E-state index contributed by atoms with van der Waals surface area (Å²) in [7, 11) is 0. The zero-order valence-corrected chi connectivity index (χ0v) is 18.4. The van der Waals surface area contributed by atoms with Crippen LogP contribution in [-0.4, -0.2) is 36.1 Å². The first kappa shape index (κ1) is 24.9. The molecule has 0 spiro atoms. The van der Waals surface area contributed by atoms with Gasteiger partial charge in [-0.2, -0.15) is 0 Å². The number of ether oxygens (including phenoxy) is 2. The first-order valence-corrected chi connectivity index (χ1v) is 10.7. The number of rotatable bonds is 12. The minimum absolute atomic E-state index is 0.0440. The summed E-state index contributed by atoms with van der Waals surface area (Å²) in [5.41, 5.74) is 16.1.